The summed E-state index contributed by atoms with van der Waals surface area (Å²) in [5, 5.41) is 11.9. The molecule has 0 atom stereocenters. The van der Waals surface area contributed by atoms with Gasteiger partial charge in [0.25, 0.3) is 5.56 Å². The van der Waals surface area contributed by atoms with Crippen molar-refractivity contribution < 1.29 is 9.59 Å². The van der Waals surface area contributed by atoms with Crippen LogP contribution in [0, 0.1) is 11.3 Å². The maximum Gasteiger partial charge on any atom is 0.331 e. The summed E-state index contributed by atoms with van der Waals surface area (Å²) < 4.78 is 2.18. The van der Waals surface area contributed by atoms with Crippen molar-refractivity contribution in [2.24, 2.45) is 0 Å². The van der Waals surface area contributed by atoms with Crippen LogP contribution in [0.5, 0.6) is 0 Å². The van der Waals surface area contributed by atoms with Crippen LogP contribution in [-0.2, 0) is 11.3 Å². The van der Waals surface area contributed by atoms with Gasteiger partial charge >= 0.3 is 5.69 Å². The lowest BCUT2D eigenvalue weighted by Gasteiger charge is -2.10. The molecule has 0 bridgehead atoms. The monoisotopic (exact) mass is 380 g/mol. The molecule has 1 amide bonds. The van der Waals surface area contributed by atoms with Gasteiger partial charge in [-0.05, 0) is 43.5 Å². The number of benzene rings is 1. The largest absolute Gasteiger partial charge is 0.331 e. The number of ketones is 1. The molecule has 0 spiro atoms. The van der Waals surface area contributed by atoms with Crippen molar-refractivity contribution in [2.75, 3.05) is 5.32 Å². The molecule has 0 saturated heterocycles. The summed E-state index contributed by atoms with van der Waals surface area (Å²) >= 11 is 0. The molecule has 144 valence electrons. The highest BCUT2D eigenvalue weighted by Gasteiger charge is 2.27. The fourth-order valence-electron chi connectivity index (χ4n) is 2.88. The molecule has 3 rings (SSSR count). The minimum absolute atomic E-state index is 0.0208. The van der Waals surface area contributed by atoms with Crippen LogP contribution in [0.25, 0.3) is 0 Å². The van der Waals surface area contributed by atoms with Gasteiger partial charge in [0, 0.05) is 29.9 Å². The van der Waals surface area contributed by atoms with E-state index in [0.717, 1.165) is 23.8 Å². The molecule has 1 fully saturated rings. The molecule has 1 aliphatic rings. The molecule has 1 aromatic heterocycles. The van der Waals surface area contributed by atoms with Gasteiger partial charge in [0.1, 0.15) is 11.6 Å². The molecular formula is C20H20N4O4. The first-order chi connectivity index (χ1) is 13.4. The summed E-state index contributed by atoms with van der Waals surface area (Å²) in [7, 11) is 0. The van der Waals surface area contributed by atoms with Crippen molar-refractivity contribution in [3.63, 3.8) is 0 Å². The Morgan fingerprint density at radius 2 is 1.89 bits per heavy atom. The Balaban J connectivity index is 1.82. The van der Waals surface area contributed by atoms with Crippen LogP contribution in [0.1, 0.15) is 54.6 Å². The molecule has 1 heterocycles. The van der Waals surface area contributed by atoms with E-state index < -0.39 is 23.6 Å². The molecule has 1 aliphatic carbocycles. The number of anilines is 1. The van der Waals surface area contributed by atoms with Crippen LogP contribution < -0.4 is 16.6 Å². The summed E-state index contributed by atoms with van der Waals surface area (Å²) in [5.41, 5.74) is -0.632. The highest BCUT2D eigenvalue weighted by atomic mass is 16.2. The number of hydrogen-bond acceptors (Lipinski definition) is 5. The Bertz CT molecular complexity index is 1070. The summed E-state index contributed by atoms with van der Waals surface area (Å²) in [5.74, 6) is -0.537. The number of Topliss-reactive ketones (excluding diaryl/α,β-unsaturated/α-hetero) is 1. The number of carbonyl (C=O) groups is 2. The second kappa shape index (κ2) is 8.05. The van der Waals surface area contributed by atoms with Crippen LogP contribution in [0.15, 0.2) is 40.1 Å². The zero-order chi connectivity index (χ0) is 20.3. The van der Waals surface area contributed by atoms with Crippen molar-refractivity contribution >= 4 is 17.4 Å². The number of nitrogens with zero attached hydrogens (tertiary/aromatic N) is 3. The average molecular weight is 380 g/mol. The maximum absolute atomic E-state index is 12.6. The van der Waals surface area contributed by atoms with E-state index in [0.29, 0.717) is 17.7 Å². The maximum atomic E-state index is 12.6. The first kappa shape index (κ1) is 19.3. The van der Waals surface area contributed by atoms with Gasteiger partial charge in [-0.25, -0.2) is 4.79 Å². The van der Waals surface area contributed by atoms with E-state index in [1.54, 1.807) is 18.2 Å². The molecular weight excluding hydrogens is 360 g/mol. The number of rotatable bonds is 7. The predicted octanol–water partition coefficient (Wildman–Crippen LogP) is 1.84. The minimum Gasteiger partial charge on any atom is -0.326 e. The van der Waals surface area contributed by atoms with E-state index in [1.165, 1.54) is 22.9 Å². The van der Waals surface area contributed by atoms with E-state index in [4.69, 9.17) is 5.26 Å². The fourth-order valence-corrected chi connectivity index (χ4v) is 2.88. The second-order valence-corrected chi connectivity index (χ2v) is 6.77. The lowest BCUT2D eigenvalue weighted by atomic mass is 10.1. The second-order valence-electron chi connectivity index (χ2n) is 6.77. The van der Waals surface area contributed by atoms with Crippen molar-refractivity contribution in [1.29, 1.82) is 5.26 Å². The van der Waals surface area contributed by atoms with E-state index in [1.807, 2.05) is 6.92 Å². The summed E-state index contributed by atoms with van der Waals surface area (Å²) in [4.78, 5) is 49.1. The first-order valence-electron chi connectivity index (χ1n) is 9.13. The van der Waals surface area contributed by atoms with Crippen molar-refractivity contribution in [3.8, 4) is 6.07 Å². The van der Waals surface area contributed by atoms with Crippen LogP contribution in [-0.4, -0.2) is 20.8 Å². The molecule has 1 saturated carbocycles. The lowest BCUT2D eigenvalue weighted by Crippen LogP contribution is -2.42. The van der Waals surface area contributed by atoms with Gasteiger partial charge in [-0.2, -0.15) is 5.26 Å². The molecule has 1 N–H and O–H groups in total. The van der Waals surface area contributed by atoms with Gasteiger partial charge in [0.05, 0.1) is 6.54 Å². The highest BCUT2D eigenvalue weighted by Crippen LogP contribution is 2.33. The smallest absolute Gasteiger partial charge is 0.326 e. The van der Waals surface area contributed by atoms with Gasteiger partial charge in [0.2, 0.25) is 5.91 Å². The van der Waals surface area contributed by atoms with E-state index in [9.17, 15) is 19.2 Å². The van der Waals surface area contributed by atoms with E-state index >= 15 is 0 Å². The summed E-state index contributed by atoms with van der Waals surface area (Å²) in [6.07, 6.45) is 4.03. The molecule has 2 aromatic rings. The Labute approximate surface area is 161 Å². The van der Waals surface area contributed by atoms with Crippen molar-refractivity contribution in [3.05, 3.63) is 62.4 Å². The van der Waals surface area contributed by atoms with Crippen LogP contribution in [0.2, 0.25) is 0 Å². The number of hydrogen-bond donors (Lipinski definition) is 1. The predicted molar refractivity (Wildman–Crippen MR) is 102 cm³/mol. The number of amides is 1. The third-order valence-corrected chi connectivity index (χ3v) is 4.53. The molecule has 8 nitrogen and oxygen atoms in total. The zero-order valence-corrected chi connectivity index (χ0v) is 15.5. The number of nitriles is 1. The Morgan fingerprint density at radius 3 is 2.46 bits per heavy atom. The van der Waals surface area contributed by atoms with Crippen LogP contribution >= 0.6 is 0 Å². The van der Waals surface area contributed by atoms with Gasteiger partial charge in [-0.1, -0.05) is 6.92 Å². The Kier molecular flexibility index (Phi) is 5.54. The van der Waals surface area contributed by atoms with Gasteiger partial charge in [-0.3, -0.25) is 23.5 Å². The highest BCUT2D eigenvalue weighted by molar-refractivity contribution is 5.97. The number of aromatic nitrogens is 2. The van der Waals surface area contributed by atoms with Crippen LogP contribution in [0.3, 0.4) is 0 Å². The molecule has 0 unspecified atom stereocenters. The minimum atomic E-state index is -0.763. The Hall–Kier alpha value is -3.47. The van der Waals surface area contributed by atoms with Crippen LogP contribution in [0.4, 0.5) is 5.69 Å². The lowest BCUT2D eigenvalue weighted by molar-refractivity contribution is -0.116. The average Bonchev–Trinajstić information content (AvgIpc) is 3.51. The molecule has 28 heavy (non-hydrogen) atoms. The van der Waals surface area contributed by atoms with E-state index in [-0.39, 0.29) is 17.5 Å². The number of carbonyl (C=O) groups excluding carboxylic acids is 2. The third kappa shape index (κ3) is 4.09. The fraction of sp³-hybridized carbons (Fsp3) is 0.350. The normalized spacial score (nSPS) is 13.0. The van der Waals surface area contributed by atoms with Crippen molar-refractivity contribution in [2.45, 2.75) is 45.2 Å². The quantitative estimate of drug-likeness (QED) is 0.736. The number of nitrogens with one attached hydrogen (secondary N) is 1. The van der Waals surface area contributed by atoms with Gasteiger partial charge < -0.3 is 5.32 Å². The molecule has 0 radical (unpaired) electrons. The summed E-state index contributed by atoms with van der Waals surface area (Å²) in [6.45, 7) is 1.46. The molecule has 0 aliphatic heterocycles. The van der Waals surface area contributed by atoms with Gasteiger partial charge in [-0.15, -0.1) is 0 Å². The zero-order valence-electron chi connectivity index (χ0n) is 15.5. The Morgan fingerprint density at radius 1 is 1.21 bits per heavy atom. The van der Waals surface area contributed by atoms with E-state index in [2.05, 4.69) is 5.32 Å². The first-order valence-corrected chi connectivity index (χ1v) is 9.13. The van der Waals surface area contributed by atoms with Gasteiger partial charge in [0.15, 0.2) is 5.78 Å². The summed E-state index contributed by atoms with van der Waals surface area (Å²) in [6, 6.07) is 8.02. The topological polar surface area (TPSA) is 114 Å². The standard InChI is InChI=1S/C20H20N4O4/c1-2-3-18(26)22-15-6-4-13(5-7-15)17(25)12-24-19(27)14(10-21)11-23(20(24)28)16-8-9-16/h4-7,11,16H,2-3,8-9,12H2,1H3,(H,22,26). The van der Waals surface area contributed by atoms with Crippen molar-refractivity contribution in [1.82, 2.24) is 9.13 Å². The molecule has 1 aromatic carbocycles. The molecule has 8 heteroatoms. The third-order valence-electron chi connectivity index (χ3n) is 4.53. The SMILES string of the molecule is CCCC(=O)Nc1ccc(C(=O)Cn2c(=O)c(C#N)cn(C3CC3)c2=O)cc1.